The zero-order valence-corrected chi connectivity index (χ0v) is 12.5. The smallest absolute Gasteiger partial charge is 0.0236 e. The van der Waals surface area contributed by atoms with E-state index in [1.165, 1.54) is 36.8 Å². The molecular formula is C17H28N2. The molecule has 0 saturated heterocycles. The Morgan fingerprint density at radius 1 is 1.11 bits per heavy atom. The summed E-state index contributed by atoms with van der Waals surface area (Å²) in [5, 5.41) is 0. The minimum absolute atomic E-state index is 0.254. The lowest BCUT2D eigenvalue weighted by atomic mass is 9.76. The van der Waals surface area contributed by atoms with Crippen LogP contribution in [-0.4, -0.2) is 24.5 Å². The van der Waals surface area contributed by atoms with Crippen LogP contribution in [0.4, 0.5) is 0 Å². The maximum Gasteiger partial charge on any atom is 0.0236 e. The first-order valence-corrected chi connectivity index (χ1v) is 7.76. The fraction of sp³-hybridized carbons (Fsp3) is 0.647. The maximum atomic E-state index is 6.15. The molecule has 1 aliphatic rings. The standard InChI is InChI=1S/C17H28N2/c1-3-19(4-2)13-15-9-5-6-10-16(15)17(14-18)11-7-8-12-17/h5-6,9-10H,3-4,7-8,11-14,18H2,1-2H3. The summed E-state index contributed by atoms with van der Waals surface area (Å²) in [4.78, 5) is 2.48. The van der Waals surface area contributed by atoms with E-state index in [0.717, 1.165) is 26.2 Å². The number of nitrogens with zero attached hydrogens (tertiary/aromatic N) is 1. The van der Waals surface area contributed by atoms with Gasteiger partial charge in [-0.15, -0.1) is 0 Å². The molecule has 0 atom stereocenters. The van der Waals surface area contributed by atoms with E-state index in [1.54, 1.807) is 0 Å². The number of hydrogen-bond acceptors (Lipinski definition) is 2. The van der Waals surface area contributed by atoms with E-state index in [4.69, 9.17) is 5.73 Å². The molecule has 1 saturated carbocycles. The fourth-order valence-electron chi connectivity index (χ4n) is 3.50. The van der Waals surface area contributed by atoms with E-state index in [-0.39, 0.29) is 5.41 Å². The van der Waals surface area contributed by atoms with E-state index < -0.39 is 0 Å². The third-order valence-electron chi connectivity index (χ3n) is 4.83. The summed E-state index contributed by atoms with van der Waals surface area (Å²) in [6, 6.07) is 8.96. The molecule has 1 fully saturated rings. The molecule has 2 heteroatoms. The predicted octanol–water partition coefficient (Wildman–Crippen LogP) is 3.30. The van der Waals surface area contributed by atoms with Crippen LogP contribution in [0.2, 0.25) is 0 Å². The quantitative estimate of drug-likeness (QED) is 0.850. The van der Waals surface area contributed by atoms with Gasteiger partial charge in [0.15, 0.2) is 0 Å². The van der Waals surface area contributed by atoms with Crippen molar-refractivity contribution >= 4 is 0 Å². The zero-order chi connectivity index (χ0) is 13.7. The van der Waals surface area contributed by atoms with E-state index in [9.17, 15) is 0 Å². The molecule has 2 rings (SSSR count). The van der Waals surface area contributed by atoms with Gasteiger partial charge in [0.25, 0.3) is 0 Å². The molecule has 106 valence electrons. The van der Waals surface area contributed by atoms with Gasteiger partial charge in [-0.25, -0.2) is 0 Å². The van der Waals surface area contributed by atoms with Crippen molar-refractivity contribution < 1.29 is 0 Å². The van der Waals surface area contributed by atoms with Gasteiger partial charge in [-0.2, -0.15) is 0 Å². The lowest BCUT2D eigenvalue weighted by molar-refractivity contribution is 0.292. The first kappa shape index (κ1) is 14.5. The molecular weight excluding hydrogens is 232 g/mol. The van der Waals surface area contributed by atoms with Crippen molar-refractivity contribution in [2.45, 2.75) is 51.5 Å². The van der Waals surface area contributed by atoms with Crippen LogP contribution < -0.4 is 5.73 Å². The van der Waals surface area contributed by atoms with Gasteiger partial charge in [0.2, 0.25) is 0 Å². The second-order valence-corrected chi connectivity index (χ2v) is 5.81. The highest BCUT2D eigenvalue weighted by molar-refractivity contribution is 5.35. The number of benzene rings is 1. The molecule has 2 N–H and O–H groups in total. The third kappa shape index (κ3) is 3.01. The van der Waals surface area contributed by atoms with E-state index in [0.29, 0.717) is 0 Å². The Morgan fingerprint density at radius 2 is 1.74 bits per heavy atom. The highest BCUT2D eigenvalue weighted by Gasteiger charge is 2.35. The molecule has 2 nitrogen and oxygen atoms in total. The Bertz CT molecular complexity index is 390. The van der Waals surface area contributed by atoms with Gasteiger partial charge in [0.05, 0.1) is 0 Å². The average molecular weight is 260 g/mol. The SMILES string of the molecule is CCN(CC)Cc1ccccc1C1(CN)CCCC1. The second-order valence-electron chi connectivity index (χ2n) is 5.81. The zero-order valence-electron chi connectivity index (χ0n) is 12.5. The van der Waals surface area contributed by atoms with Gasteiger partial charge in [0, 0.05) is 18.5 Å². The second kappa shape index (κ2) is 6.53. The molecule has 0 unspecified atom stereocenters. The summed E-state index contributed by atoms with van der Waals surface area (Å²) >= 11 is 0. The molecule has 1 aliphatic carbocycles. The Hall–Kier alpha value is -0.860. The summed E-state index contributed by atoms with van der Waals surface area (Å²) in [6.07, 6.45) is 5.19. The monoisotopic (exact) mass is 260 g/mol. The molecule has 0 amide bonds. The van der Waals surface area contributed by atoms with Gasteiger partial charge in [0.1, 0.15) is 0 Å². The van der Waals surface area contributed by atoms with Crippen molar-refractivity contribution in [3.8, 4) is 0 Å². The highest BCUT2D eigenvalue weighted by atomic mass is 15.1. The van der Waals surface area contributed by atoms with Gasteiger partial charge in [-0.1, -0.05) is 51.0 Å². The molecule has 0 bridgehead atoms. The number of rotatable bonds is 6. The lowest BCUT2D eigenvalue weighted by Crippen LogP contribution is -2.34. The summed E-state index contributed by atoms with van der Waals surface area (Å²) in [6.45, 7) is 8.55. The average Bonchev–Trinajstić information content (AvgIpc) is 2.95. The lowest BCUT2D eigenvalue weighted by Gasteiger charge is -2.31. The number of hydrogen-bond donors (Lipinski definition) is 1. The fourth-order valence-corrected chi connectivity index (χ4v) is 3.50. The number of nitrogens with two attached hydrogens (primary N) is 1. The topological polar surface area (TPSA) is 29.3 Å². The molecule has 0 heterocycles. The third-order valence-corrected chi connectivity index (χ3v) is 4.83. The summed E-state index contributed by atoms with van der Waals surface area (Å²) < 4.78 is 0. The van der Waals surface area contributed by atoms with E-state index in [2.05, 4.69) is 43.0 Å². The highest BCUT2D eigenvalue weighted by Crippen LogP contribution is 2.41. The van der Waals surface area contributed by atoms with Crippen LogP contribution in [0, 0.1) is 0 Å². The minimum Gasteiger partial charge on any atom is -0.330 e. The van der Waals surface area contributed by atoms with Crippen molar-refractivity contribution in [3.05, 3.63) is 35.4 Å². The van der Waals surface area contributed by atoms with Crippen LogP contribution in [-0.2, 0) is 12.0 Å². The van der Waals surface area contributed by atoms with Crippen LogP contribution in [0.1, 0.15) is 50.7 Å². The van der Waals surface area contributed by atoms with Crippen LogP contribution in [0.25, 0.3) is 0 Å². The Balaban J connectivity index is 2.29. The Labute approximate surface area is 118 Å². The van der Waals surface area contributed by atoms with Crippen LogP contribution in [0.15, 0.2) is 24.3 Å². The van der Waals surface area contributed by atoms with E-state index >= 15 is 0 Å². The van der Waals surface area contributed by atoms with Crippen molar-refractivity contribution in [2.24, 2.45) is 5.73 Å². The van der Waals surface area contributed by atoms with Crippen LogP contribution in [0.5, 0.6) is 0 Å². The molecule has 0 spiro atoms. The molecule has 0 aromatic heterocycles. The largest absolute Gasteiger partial charge is 0.330 e. The van der Waals surface area contributed by atoms with Crippen molar-refractivity contribution in [3.63, 3.8) is 0 Å². The van der Waals surface area contributed by atoms with Gasteiger partial charge < -0.3 is 5.73 Å². The van der Waals surface area contributed by atoms with Gasteiger partial charge in [-0.05, 0) is 37.1 Å². The van der Waals surface area contributed by atoms with Crippen LogP contribution >= 0.6 is 0 Å². The van der Waals surface area contributed by atoms with E-state index in [1.807, 2.05) is 0 Å². The van der Waals surface area contributed by atoms with Gasteiger partial charge >= 0.3 is 0 Å². The van der Waals surface area contributed by atoms with Crippen molar-refractivity contribution in [1.29, 1.82) is 0 Å². The minimum atomic E-state index is 0.254. The molecule has 19 heavy (non-hydrogen) atoms. The van der Waals surface area contributed by atoms with Crippen LogP contribution in [0.3, 0.4) is 0 Å². The molecule has 0 radical (unpaired) electrons. The predicted molar refractivity (Wildman–Crippen MR) is 82.3 cm³/mol. The van der Waals surface area contributed by atoms with Crippen molar-refractivity contribution in [2.75, 3.05) is 19.6 Å². The summed E-state index contributed by atoms with van der Waals surface area (Å²) in [5.74, 6) is 0. The first-order chi connectivity index (χ1) is 9.25. The van der Waals surface area contributed by atoms with Crippen molar-refractivity contribution in [1.82, 2.24) is 4.90 Å². The maximum absolute atomic E-state index is 6.15. The van der Waals surface area contributed by atoms with Gasteiger partial charge in [-0.3, -0.25) is 4.90 Å². The Kier molecular flexibility index (Phi) is 5.00. The molecule has 0 aliphatic heterocycles. The summed E-state index contributed by atoms with van der Waals surface area (Å²) in [7, 11) is 0. The normalized spacial score (nSPS) is 18.1. The molecule has 1 aromatic rings. The summed E-state index contributed by atoms with van der Waals surface area (Å²) in [5.41, 5.74) is 9.41. The first-order valence-electron chi connectivity index (χ1n) is 7.76. The Morgan fingerprint density at radius 3 is 2.32 bits per heavy atom. The molecule has 1 aromatic carbocycles.